The fraction of sp³-hybridized carbons (Fsp3) is 0.714. The molecule has 0 heterocycles. The average Bonchev–Trinajstić information content (AvgIpc) is 2.44. The van der Waals surface area contributed by atoms with Crippen molar-refractivity contribution in [3.05, 3.63) is 0 Å². The van der Waals surface area contributed by atoms with Gasteiger partial charge in [0.2, 0.25) is 0 Å². The Labute approximate surface area is 119 Å². The number of carbonyl (C=O) groups is 2. The Morgan fingerprint density at radius 1 is 1.35 bits per heavy atom. The van der Waals surface area contributed by atoms with Gasteiger partial charge in [0.15, 0.2) is 0 Å². The zero-order chi connectivity index (χ0) is 14.8. The number of hydrogen-bond donors (Lipinski definition) is 3. The summed E-state index contributed by atoms with van der Waals surface area (Å²) in [7, 11) is 0. The lowest BCUT2D eigenvalue weighted by molar-refractivity contribution is -0.139. The van der Waals surface area contributed by atoms with Gasteiger partial charge in [0.05, 0.1) is 12.7 Å². The lowest BCUT2D eigenvalue weighted by Gasteiger charge is -2.22. The highest BCUT2D eigenvalue weighted by Crippen LogP contribution is 2.19. The summed E-state index contributed by atoms with van der Waals surface area (Å²) in [5, 5.41) is 13.7. The third kappa shape index (κ3) is 6.43. The molecule has 0 spiro atoms. The molecule has 0 radical (unpaired) electrons. The predicted octanol–water partition coefficient (Wildman–Crippen LogP) is 1.11. The number of aliphatic carboxylic acids is 1. The van der Waals surface area contributed by atoms with Crippen molar-refractivity contribution in [1.29, 1.82) is 0 Å². The number of carboxylic acids is 1. The van der Waals surface area contributed by atoms with Crippen LogP contribution in [0.15, 0.2) is 0 Å². The normalized spacial score (nSPS) is 16.9. The molecule has 1 aliphatic carbocycles. The molecule has 3 N–H and O–H groups in total. The van der Waals surface area contributed by atoms with Crippen molar-refractivity contribution >= 4 is 12.0 Å². The van der Waals surface area contributed by atoms with E-state index in [2.05, 4.69) is 16.6 Å². The van der Waals surface area contributed by atoms with Gasteiger partial charge < -0.3 is 20.5 Å². The van der Waals surface area contributed by atoms with E-state index in [-0.39, 0.29) is 6.42 Å². The van der Waals surface area contributed by atoms with Crippen LogP contribution in [-0.2, 0) is 9.53 Å². The summed E-state index contributed by atoms with van der Waals surface area (Å²) >= 11 is 0. The number of hydrogen-bond acceptors (Lipinski definition) is 3. The summed E-state index contributed by atoms with van der Waals surface area (Å²) in [5.74, 6) is 1.07. The first kappa shape index (κ1) is 16.3. The van der Waals surface area contributed by atoms with Crippen molar-refractivity contribution in [2.45, 2.75) is 50.7 Å². The molecule has 1 aliphatic rings. The molecule has 20 heavy (non-hydrogen) atoms. The van der Waals surface area contributed by atoms with Gasteiger partial charge in [0, 0.05) is 13.0 Å². The van der Waals surface area contributed by atoms with Crippen LogP contribution in [0.2, 0.25) is 0 Å². The van der Waals surface area contributed by atoms with E-state index in [0.29, 0.717) is 19.3 Å². The largest absolute Gasteiger partial charge is 0.480 e. The fourth-order valence-electron chi connectivity index (χ4n) is 2.15. The molecule has 0 saturated heterocycles. The van der Waals surface area contributed by atoms with Gasteiger partial charge in [-0.05, 0) is 12.8 Å². The van der Waals surface area contributed by atoms with Gasteiger partial charge in [0.25, 0.3) is 0 Å². The highest BCUT2D eigenvalue weighted by molar-refractivity contribution is 5.82. The highest BCUT2D eigenvalue weighted by Gasteiger charge is 2.18. The summed E-state index contributed by atoms with van der Waals surface area (Å²) in [4.78, 5) is 22.3. The molecule has 1 saturated carbocycles. The van der Waals surface area contributed by atoms with Crippen LogP contribution in [0.4, 0.5) is 4.79 Å². The molecule has 2 amide bonds. The van der Waals surface area contributed by atoms with Gasteiger partial charge in [-0.15, -0.1) is 12.3 Å². The molecule has 0 aromatic rings. The maximum Gasteiger partial charge on any atom is 0.327 e. The number of carbonyl (C=O) groups excluding carboxylic acids is 1. The van der Waals surface area contributed by atoms with E-state index in [4.69, 9.17) is 16.3 Å². The summed E-state index contributed by atoms with van der Waals surface area (Å²) < 4.78 is 5.64. The molecule has 0 aliphatic heterocycles. The van der Waals surface area contributed by atoms with E-state index in [1.807, 2.05) is 0 Å². The second-order valence-corrected chi connectivity index (χ2v) is 4.83. The van der Waals surface area contributed by atoms with Crippen LogP contribution in [0, 0.1) is 12.3 Å². The average molecular weight is 282 g/mol. The standard InChI is InChI=1S/C14H22N2O4/c1-2-6-12(13(17)18)16-14(19)15-9-10-20-11-7-4-3-5-8-11/h1,11-12H,3-10H2,(H,17,18)(H2,15,16,19). The van der Waals surface area contributed by atoms with Crippen molar-refractivity contribution in [2.75, 3.05) is 13.2 Å². The van der Waals surface area contributed by atoms with E-state index in [1.165, 1.54) is 19.3 Å². The number of urea groups is 1. The number of ether oxygens (including phenoxy) is 1. The number of carboxylic acid groups (broad SMARTS) is 1. The van der Waals surface area contributed by atoms with Gasteiger partial charge in [-0.2, -0.15) is 0 Å². The van der Waals surface area contributed by atoms with Crippen LogP contribution in [0.3, 0.4) is 0 Å². The molecule has 0 bridgehead atoms. The molecule has 112 valence electrons. The van der Waals surface area contributed by atoms with Crippen LogP contribution < -0.4 is 10.6 Å². The van der Waals surface area contributed by atoms with Gasteiger partial charge >= 0.3 is 12.0 Å². The van der Waals surface area contributed by atoms with Crippen molar-refractivity contribution in [3.63, 3.8) is 0 Å². The van der Waals surface area contributed by atoms with E-state index in [0.717, 1.165) is 12.8 Å². The molecule has 1 atom stereocenters. The monoisotopic (exact) mass is 282 g/mol. The lowest BCUT2D eigenvalue weighted by atomic mass is 9.98. The Morgan fingerprint density at radius 2 is 2.05 bits per heavy atom. The SMILES string of the molecule is C#CCC(NC(=O)NCCOC1CCCCC1)C(=O)O. The Balaban J connectivity index is 2.12. The Kier molecular flexibility index (Phi) is 7.51. The predicted molar refractivity (Wildman–Crippen MR) is 74.2 cm³/mol. The Hall–Kier alpha value is -1.74. The molecule has 6 heteroatoms. The summed E-state index contributed by atoms with van der Waals surface area (Å²) in [5.41, 5.74) is 0. The summed E-state index contributed by atoms with van der Waals surface area (Å²) in [6.07, 6.45) is 11.1. The van der Waals surface area contributed by atoms with Gasteiger partial charge in [-0.25, -0.2) is 9.59 Å². The fourth-order valence-corrected chi connectivity index (χ4v) is 2.15. The molecule has 6 nitrogen and oxygen atoms in total. The van der Waals surface area contributed by atoms with Gasteiger partial charge in [-0.3, -0.25) is 0 Å². The summed E-state index contributed by atoms with van der Waals surface area (Å²) in [6.45, 7) is 0.787. The zero-order valence-electron chi connectivity index (χ0n) is 11.6. The minimum atomic E-state index is -1.14. The van der Waals surface area contributed by atoms with Crippen LogP contribution in [0.25, 0.3) is 0 Å². The van der Waals surface area contributed by atoms with Crippen LogP contribution >= 0.6 is 0 Å². The van der Waals surface area contributed by atoms with Crippen molar-refractivity contribution in [2.24, 2.45) is 0 Å². The van der Waals surface area contributed by atoms with E-state index < -0.39 is 18.0 Å². The van der Waals surface area contributed by atoms with Crippen LogP contribution in [0.5, 0.6) is 0 Å². The van der Waals surface area contributed by atoms with Crippen molar-refractivity contribution in [3.8, 4) is 12.3 Å². The Bertz CT molecular complexity index is 359. The molecular formula is C14H22N2O4. The highest BCUT2D eigenvalue weighted by atomic mass is 16.5. The maximum absolute atomic E-state index is 11.5. The summed E-state index contributed by atoms with van der Waals surface area (Å²) in [6, 6.07) is -1.60. The second kappa shape index (κ2) is 9.21. The minimum absolute atomic E-state index is 0.0403. The van der Waals surface area contributed by atoms with Crippen LogP contribution in [-0.4, -0.2) is 42.4 Å². The topological polar surface area (TPSA) is 87.7 Å². The van der Waals surface area contributed by atoms with E-state index in [9.17, 15) is 9.59 Å². The number of rotatable bonds is 7. The van der Waals surface area contributed by atoms with Gasteiger partial charge in [0.1, 0.15) is 6.04 Å². The number of amides is 2. The Morgan fingerprint density at radius 3 is 2.65 bits per heavy atom. The van der Waals surface area contributed by atoms with Gasteiger partial charge in [-0.1, -0.05) is 19.3 Å². The minimum Gasteiger partial charge on any atom is -0.480 e. The molecule has 1 rings (SSSR count). The lowest BCUT2D eigenvalue weighted by Crippen LogP contribution is -2.46. The zero-order valence-corrected chi connectivity index (χ0v) is 11.6. The van der Waals surface area contributed by atoms with Crippen molar-refractivity contribution < 1.29 is 19.4 Å². The smallest absolute Gasteiger partial charge is 0.327 e. The molecule has 0 aromatic heterocycles. The third-order valence-corrected chi connectivity index (χ3v) is 3.22. The molecule has 0 aromatic carbocycles. The van der Waals surface area contributed by atoms with E-state index >= 15 is 0 Å². The first-order valence-electron chi connectivity index (χ1n) is 6.95. The van der Waals surface area contributed by atoms with E-state index in [1.54, 1.807) is 0 Å². The third-order valence-electron chi connectivity index (χ3n) is 3.22. The quantitative estimate of drug-likeness (QED) is 0.482. The second-order valence-electron chi connectivity index (χ2n) is 4.83. The molecule has 1 unspecified atom stereocenters. The number of nitrogens with one attached hydrogen (secondary N) is 2. The van der Waals surface area contributed by atoms with Crippen LogP contribution in [0.1, 0.15) is 38.5 Å². The molecule has 1 fully saturated rings. The first-order valence-corrected chi connectivity index (χ1v) is 6.95. The maximum atomic E-state index is 11.5. The van der Waals surface area contributed by atoms with Crippen molar-refractivity contribution in [1.82, 2.24) is 10.6 Å². The molecular weight excluding hydrogens is 260 g/mol. The first-order chi connectivity index (χ1) is 9.63. The number of terminal acetylenes is 1.